The first-order valence-corrected chi connectivity index (χ1v) is 9.64. The quantitative estimate of drug-likeness (QED) is 0.692. The molecule has 3 aromatic rings. The number of aryl methyl sites for hydroxylation is 1. The van der Waals surface area contributed by atoms with Crippen molar-refractivity contribution in [2.24, 2.45) is 5.73 Å². The summed E-state index contributed by atoms with van der Waals surface area (Å²) in [6.45, 7) is 2.50. The fourth-order valence-corrected chi connectivity index (χ4v) is 3.79. The van der Waals surface area contributed by atoms with Gasteiger partial charge < -0.3 is 20.5 Å². The summed E-state index contributed by atoms with van der Waals surface area (Å²) in [6, 6.07) is 15.4. The highest BCUT2D eigenvalue weighted by molar-refractivity contribution is 5.99. The summed E-state index contributed by atoms with van der Waals surface area (Å²) >= 11 is 0. The number of carbonyl (C=O) groups is 2. The average Bonchev–Trinajstić information content (AvgIpc) is 3.36. The highest BCUT2D eigenvalue weighted by Gasteiger charge is 2.18. The predicted molar refractivity (Wildman–Crippen MR) is 112 cm³/mol. The van der Waals surface area contributed by atoms with Crippen molar-refractivity contribution in [3.8, 4) is 0 Å². The monoisotopic (exact) mass is 376 g/mol. The summed E-state index contributed by atoms with van der Waals surface area (Å²) in [6.07, 6.45) is 4.61. The van der Waals surface area contributed by atoms with E-state index in [1.165, 1.54) is 0 Å². The van der Waals surface area contributed by atoms with Gasteiger partial charge in [-0.1, -0.05) is 18.2 Å². The number of benzene rings is 2. The van der Waals surface area contributed by atoms with Crippen LogP contribution in [0.15, 0.2) is 54.7 Å². The van der Waals surface area contributed by atoms with Crippen LogP contribution in [0.1, 0.15) is 29.6 Å². The number of fused-ring (bicyclic) bond motifs is 1. The Balaban J connectivity index is 1.49. The third kappa shape index (κ3) is 3.71. The maximum atomic E-state index is 12.6. The molecule has 1 saturated heterocycles. The van der Waals surface area contributed by atoms with E-state index in [9.17, 15) is 9.59 Å². The molecule has 0 radical (unpaired) electrons. The largest absolute Gasteiger partial charge is 0.370 e. The molecule has 1 aliphatic rings. The number of nitrogens with zero attached hydrogens (tertiary/aromatic N) is 2. The van der Waals surface area contributed by atoms with Crippen LogP contribution in [0.25, 0.3) is 10.9 Å². The van der Waals surface area contributed by atoms with Crippen molar-refractivity contribution in [3.05, 3.63) is 60.3 Å². The van der Waals surface area contributed by atoms with E-state index in [1.54, 1.807) is 12.1 Å². The second kappa shape index (κ2) is 7.76. The highest BCUT2D eigenvalue weighted by Crippen LogP contribution is 2.30. The molecule has 2 amide bonds. The molecule has 0 aliphatic carbocycles. The number of hydrogen-bond donors (Lipinski definition) is 2. The van der Waals surface area contributed by atoms with Crippen LogP contribution in [0.5, 0.6) is 0 Å². The van der Waals surface area contributed by atoms with Gasteiger partial charge in [-0.3, -0.25) is 9.59 Å². The Bertz CT molecular complexity index is 1020. The van der Waals surface area contributed by atoms with Gasteiger partial charge >= 0.3 is 0 Å². The van der Waals surface area contributed by atoms with Crippen molar-refractivity contribution in [2.45, 2.75) is 25.8 Å². The SMILES string of the molecule is NC(=O)c1ccc(N2CCCC2)c(NC(=O)CCn2ccc3ccccc32)c1. The zero-order chi connectivity index (χ0) is 19.5. The topological polar surface area (TPSA) is 80.4 Å². The van der Waals surface area contributed by atoms with Crippen LogP contribution >= 0.6 is 0 Å². The Kier molecular flexibility index (Phi) is 5.02. The Morgan fingerprint density at radius 1 is 1.04 bits per heavy atom. The molecule has 6 nitrogen and oxygen atoms in total. The molecular formula is C22H24N4O2. The summed E-state index contributed by atoms with van der Waals surface area (Å²) < 4.78 is 2.08. The third-order valence-electron chi connectivity index (χ3n) is 5.26. The number of hydrogen-bond acceptors (Lipinski definition) is 3. The molecule has 2 heterocycles. The minimum atomic E-state index is -0.498. The number of nitrogens with one attached hydrogen (secondary N) is 1. The molecule has 1 fully saturated rings. The van der Waals surface area contributed by atoms with Gasteiger partial charge in [-0.15, -0.1) is 0 Å². The number of primary amides is 1. The van der Waals surface area contributed by atoms with E-state index >= 15 is 0 Å². The van der Waals surface area contributed by atoms with E-state index in [-0.39, 0.29) is 5.91 Å². The summed E-state index contributed by atoms with van der Waals surface area (Å²) in [7, 11) is 0. The van der Waals surface area contributed by atoms with E-state index in [2.05, 4.69) is 33.0 Å². The summed E-state index contributed by atoms with van der Waals surface area (Å²) in [5, 5.41) is 4.15. The van der Waals surface area contributed by atoms with Gasteiger partial charge in [0.15, 0.2) is 0 Å². The van der Waals surface area contributed by atoms with Gasteiger partial charge in [0.25, 0.3) is 0 Å². The van der Waals surface area contributed by atoms with Crippen molar-refractivity contribution >= 4 is 34.1 Å². The minimum absolute atomic E-state index is 0.0835. The average molecular weight is 376 g/mol. The van der Waals surface area contributed by atoms with Crippen LogP contribution in [0, 0.1) is 0 Å². The smallest absolute Gasteiger partial charge is 0.248 e. The molecule has 2 aromatic carbocycles. The molecule has 1 aliphatic heterocycles. The van der Waals surface area contributed by atoms with E-state index in [4.69, 9.17) is 5.73 Å². The lowest BCUT2D eigenvalue weighted by atomic mass is 10.1. The number of aromatic nitrogens is 1. The molecule has 0 spiro atoms. The second-order valence-corrected chi connectivity index (χ2v) is 7.16. The molecule has 1 aromatic heterocycles. The molecule has 0 saturated carbocycles. The lowest BCUT2D eigenvalue weighted by Crippen LogP contribution is -2.22. The van der Waals surface area contributed by atoms with Gasteiger partial charge in [-0.25, -0.2) is 0 Å². The highest BCUT2D eigenvalue weighted by atomic mass is 16.2. The molecule has 0 atom stereocenters. The summed E-state index contributed by atoms with van der Waals surface area (Å²) in [5.74, 6) is -0.581. The van der Waals surface area contributed by atoms with Crippen LogP contribution in [-0.2, 0) is 11.3 Å². The first-order valence-electron chi connectivity index (χ1n) is 9.64. The first-order chi connectivity index (χ1) is 13.6. The van der Waals surface area contributed by atoms with Gasteiger partial charge in [-0.05, 0) is 48.6 Å². The van der Waals surface area contributed by atoms with Gasteiger partial charge in [0.05, 0.1) is 11.4 Å². The van der Waals surface area contributed by atoms with Crippen molar-refractivity contribution in [1.29, 1.82) is 0 Å². The lowest BCUT2D eigenvalue weighted by molar-refractivity contribution is -0.116. The normalized spacial score (nSPS) is 13.8. The van der Waals surface area contributed by atoms with E-state index in [0.717, 1.165) is 42.5 Å². The van der Waals surface area contributed by atoms with Crippen LogP contribution in [0.2, 0.25) is 0 Å². The van der Waals surface area contributed by atoms with Crippen molar-refractivity contribution < 1.29 is 9.59 Å². The Morgan fingerprint density at radius 3 is 2.61 bits per heavy atom. The Hall–Kier alpha value is -3.28. The molecule has 144 valence electrons. The van der Waals surface area contributed by atoms with Crippen LogP contribution in [0.4, 0.5) is 11.4 Å². The van der Waals surface area contributed by atoms with Crippen LogP contribution in [-0.4, -0.2) is 29.5 Å². The fraction of sp³-hybridized carbons (Fsp3) is 0.273. The summed E-state index contributed by atoms with van der Waals surface area (Å²) in [4.78, 5) is 26.4. The van der Waals surface area contributed by atoms with E-state index < -0.39 is 5.91 Å². The van der Waals surface area contributed by atoms with E-state index in [1.807, 2.05) is 24.4 Å². The first kappa shape index (κ1) is 18.1. The zero-order valence-corrected chi connectivity index (χ0v) is 15.7. The maximum Gasteiger partial charge on any atom is 0.248 e. The van der Waals surface area contributed by atoms with Crippen molar-refractivity contribution in [1.82, 2.24) is 4.57 Å². The number of carbonyl (C=O) groups excluding carboxylic acids is 2. The van der Waals surface area contributed by atoms with Gasteiger partial charge in [0.2, 0.25) is 11.8 Å². The predicted octanol–water partition coefficient (Wildman–Crippen LogP) is 3.37. The molecule has 0 unspecified atom stereocenters. The second-order valence-electron chi connectivity index (χ2n) is 7.16. The van der Waals surface area contributed by atoms with Gasteiger partial charge in [-0.2, -0.15) is 0 Å². The molecule has 6 heteroatoms. The molecule has 0 bridgehead atoms. The third-order valence-corrected chi connectivity index (χ3v) is 5.26. The van der Waals surface area contributed by atoms with Gasteiger partial charge in [0, 0.05) is 43.3 Å². The molecule has 3 N–H and O–H groups in total. The number of amides is 2. The standard InChI is InChI=1S/C22H24N4O2/c23-22(28)17-7-8-20(25-11-3-4-12-25)18(15-17)24-21(27)10-14-26-13-9-16-5-1-2-6-19(16)26/h1-2,5-9,13,15H,3-4,10-12,14H2,(H2,23,28)(H,24,27). The minimum Gasteiger partial charge on any atom is -0.370 e. The molecule has 4 rings (SSSR count). The lowest BCUT2D eigenvalue weighted by Gasteiger charge is -2.22. The molecular weight excluding hydrogens is 352 g/mol. The zero-order valence-electron chi connectivity index (χ0n) is 15.7. The fourth-order valence-electron chi connectivity index (χ4n) is 3.79. The number of rotatable bonds is 6. The van der Waals surface area contributed by atoms with Crippen LogP contribution < -0.4 is 16.0 Å². The Labute approximate surface area is 163 Å². The Morgan fingerprint density at radius 2 is 1.82 bits per heavy atom. The number of para-hydroxylation sites is 1. The summed E-state index contributed by atoms with van der Waals surface area (Å²) in [5.41, 5.74) is 8.54. The van der Waals surface area contributed by atoms with Crippen LogP contribution in [0.3, 0.4) is 0 Å². The van der Waals surface area contributed by atoms with Crippen molar-refractivity contribution in [2.75, 3.05) is 23.3 Å². The maximum absolute atomic E-state index is 12.6. The van der Waals surface area contributed by atoms with Gasteiger partial charge in [0.1, 0.15) is 0 Å². The molecule has 28 heavy (non-hydrogen) atoms. The van der Waals surface area contributed by atoms with E-state index in [0.29, 0.717) is 24.2 Å². The van der Waals surface area contributed by atoms with Crippen molar-refractivity contribution in [3.63, 3.8) is 0 Å². The number of nitrogens with two attached hydrogens (primary N) is 1. The number of anilines is 2.